The van der Waals surface area contributed by atoms with E-state index in [9.17, 15) is 26.4 Å². The van der Waals surface area contributed by atoms with Crippen molar-refractivity contribution >= 4 is 42.6 Å². The number of rotatable bonds is 8. The molecule has 2 aromatic heterocycles. The second-order valence-electron chi connectivity index (χ2n) is 8.47. The Balaban J connectivity index is 2.05. The van der Waals surface area contributed by atoms with Crippen LogP contribution < -0.4 is 14.0 Å². The number of benzene rings is 2. The highest BCUT2D eigenvalue weighted by Crippen LogP contribution is 2.40. The Morgan fingerprint density at radius 1 is 0.974 bits per heavy atom. The van der Waals surface area contributed by atoms with E-state index in [0.29, 0.717) is 20.4 Å². The van der Waals surface area contributed by atoms with Crippen molar-refractivity contribution in [3.8, 4) is 22.6 Å². The first-order chi connectivity index (χ1) is 17.8. The Morgan fingerprint density at radius 3 is 2.24 bits per heavy atom. The third-order valence-electron chi connectivity index (χ3n) is 5.50. The molecule has 0 spiro atoms. The maximum Gasteiger partial charge on any atom is 0.354 e. The number of carbonyl (C=O) groups excluding carboxylic acids is 1. The zero-order valence-corrected chi connectivity index (χ0v) is 22.6. The fourth-order valence-electron chi connectivity index (χ4n) is 4.04. The van der Waals surface area contributed by atoms with Crippen molar-refractivity contribution in [2.24, 2.45) is 7.05 Å². The van der Waals surface area contributed by atoms with Crippen LogP contribution in [0, 0.1) is 0 Å². The minimum atomic E-state index is -4.24. The first-order valence-corrected chi connectivity index (χ1v) is 15.0. The molecule has 11 nitrogen and oxygen atoms in total. The van der Waals surface area contributed by atoms with Gasteiger partial charge in [-0.15, -0.1) is 0 Å². The molecule has 2 heterocycles. The number of aromatic amines is 1. The zero-order chi connectivity index (χ0) is 27.8. The molecule has 0 saturated heterocycles. The van der Waals surface area contributed by atoms with Gasteiger partial charge >= 0.3 is 5.97 Å². The topological polar surface area (TPSA) is 145 Å². The van der Waals surface area contributed by atoms with Crippen LogP contribution >= 0.6 is 0 Å². The summed E-state index contributed by atoms with van der Waals surface area (Å²) >= 11 is 0. The molecule has 0 bridgehead atoms. The Bertz CT molecular complexity index is 1780. The Hall–Kier alpha value is -4.10. The molecule has 38 heavy (non-hydrogen) atoms. The van der Waals surface area contributed by atoms with Crippen LogP contribution in [0.5, 0.6) is 11.5 Å². The van der Waals surface area contributed by atoms with Crippen LogP contribution in [-0.2, 0) is 31.8 Å². The quantitative estimate of drug-likeness (QED) is 0.324. The second-order valence-corrected chi connectivity index (χ2v) is 12.4. The lowest BCUT2D eigenvalue weighted by Gasteiger charge is -2.22. The van der Waals surface area contributed by atoms with E-state index in [4.69, 9.17) is 9.47 Å². The number of sulfonamides is 2. The molecule has 2 aromatic carbocycles. The molecule has 200 valence electrons. The van der Waals surface area contributed by atoms with Gasteiger partial charge in [-0.2, -0.15) is 3.71 Å². The first kappa shape index (κ1) is 26.9. The normalized spacial score (nSPS) is 11.9. The van der Waals surface area contributed by atoms with Crippen molar-refractivity contribution in [2.75, 3.05) is 22.8 Å². The van der Waals surface area contributed by atoms with E-state index < -0.39 is 31.6 Å². The molecule has 0 aliphatic carbocycles. The van der Waals surface area contributed by atoms with E-state index in [1.807, 2.05) is 0 Å². The van der Waals surface area contributed by atoms with Crippen LogP contribution in [-0.4, -0.2) is 51.5 Å². The van der Waals surface area contributed by atoms with Crippen LogP contribution in [0.15, 0.2) is 65.6 Å². The number of H-pyrrole nitrogens is 1. The van der Waals surface area contributed by atoms with E-state index in [2.05, 4.69) is 4.98 Å². The van der Waals surface area contributed by atoms with Gasteiger partial charge < -0.3 is 19.0 Å². The number of fused-ring (bicyclic) bond motifs is 1. The summed E-state index contributed by atoms with van der Waals surface area (Å²) in [6, 6.07) is 14.3. The van der Waals surface area contributed by atoms with Gasteiger partial charge in [-0.3, -0.25) is 4.79 Å². The molecule has 0 amide bonds. The van der Waals surface area contributed by atoms with Gasteiger partial charge in [0.2, 0.25) is 20.0 Å². The molecule has 0 saturated carbocycles. The molecule has 0 radical (unpaired) electrons. The molecular formula is C25H25N3O8S2. The van der Waals surface area contributed by atoms with Crippen LogP contribution in [0.4, 0.5) is 5.69 Å². The largest absolute Gasteiger partial charge is 0.461 e. The molecule has 0 aliphatic rings. The number of esters is 1. The van der Waals surface area contributed by atoms with Gasteiger partial charge in [-0.25, -0.2) is 21.6 Å². The molecule has 0 unspecified atom stereocenters. The van der Waals surface area contributed by atoms with Crippen molar-refractivity contribution in [2.45, 2.75) is 6.92 Å². The number of aromatic nitrogens is 2. The van der Waals surface area contributed by atoms with E-state index >= 15 is 0 Å². The third kappa shape index (κ3) is 5.29. The Labute approximate surface area is 219 Å². The lowest BCUT2D eigenvalue weighted by Crippen LogP contribution is -2.35. The van der Waals surface area contributed by atoms with Gasteiger partial charge in [0.15, 0.2) is 0 Å². The van der Waals surface area contributed by atoms with Crippen LogP contribution in [0.25, 0.3) is 22.0 Å². The lowest BCUT2D eigenvalue weighted by molar-refractivity contribution is 0.0520. The summed E-state index contributed by atoms with van der Waals surface area (Å²) in [6.45, 7) is 1.78. The average Bonchev–Trinajstić information content (AvgIpc) is 3.27. The van der Waals surface area contributed by atoms with Gasteiger partial charge in [0, 0.05) is 29.8 Å². The number of pyridine rings is 1. The molecular weight excluding hydrogens is 534 g/mol. The summed E-state index contributed by atoms with van der Waals surface area (Å²) in [6.07, 6.45) is 3.06. The van der Waals surface area contributed by atoms with Crippen LogP contribution in [0.1, 0.15) is 17.4 Å². The number of carbonyl (C=O) groups is 1. The summed E-state index contributed by atoms with van der Waals surface area (Å²) in [5.41, 5.74) is 0.222. The predicted molar refractivity (Wildman–Crippen MR) is 144 cm³/mol. The van der Waals surface area contributed by atoms with Crippen molar-refractivity contribution in [1.29, 1.82) is 0 Å². The summed E-state index contributed by atoms with van der Waals surface area (Å²) < 4.78 is 62.6. The zero-order valence-electron chi connectivity index (χ0n) is 21.0. The fourth-order valence-corrected chi connectivity index (χ4v) is 7.00. The highest BCUT2D eigenvalue weighted by atomic mass is 32.3. The van der Waals surface area contributed by atoms with Crippen molar-refractivity contribution in [3.63, 3.8) is 0 Å². The minimum Gasteiger partial charge on any atom is -0.461 e. The summed E-state index contributed by atoms with van der Waals surface area (Å²) in [5.74, 6) is 0.0548. The summed E-state index contributed by atoms with van der Waals surface area (Å²) in [5, 5.41) is 0.330. The third-order valence-corrected chi connectivity index (χ3v) is 8.75. The van der Waals surface area contributed by atoms with Crippen molar-refractivity contribution in [1.82, 2.24) is 9.55 Å². The summed E-state index contributed by atoms with van der Waals surface area (Å²) in [7, 11) is -6.96. The number of ether oxygens (including phenoxy) is 2. The van der Waals surface area contributed by atoms with Crippen LogP contribution in [0.3, 0.4) is 0 Å². The Kier molecular flexibility index (Phi) is 7.08. The molecule has 0 atom stereocenters. The van der Waals surface area contributed by atoms with Gasteiger partial charge in [-0.1, -0.05) is 18.2 Å². The number of para-hydroxylation sites is 1. The van der Waals surface area contributed by atoms with Gasteiger partial charge in [0.1, 0.15) is 22.7 Å². The van der Waals surface area contributed by atoms with Gasteiger partial charge in [-0.05, 0) is 43.3 Å². The summed E-state index contributed by atoms with van der Waals surface area (Å²) in [4.78, 5) is 28.1. The first-order valence-electron chi connectivity index (χ1n) is 11.3. The number of hydrogen-bond acceptors (Lipinski definition) is 8. The van der Waals surface area contributed by atoms with E-state index in [1.54, 1.807) is 37.3 Å². The number of aryl methyl sites for hydroxylation is 1. The Morgan fingerprint density at radius 2 is 1.63 bits per heavy atom. The van der Waals surface area contributed by atoms with E-state index in [1.165, 1.54) is 42.1 Å². The van der Waals surface area contributed by atoms with E-state index in [-0.39, 0.29) is 34.8 Å². The maximum absolute atomic E-state index is 12.9. The SMILES string of the molecule is CCOC(=O)c1cc2c(-c3cc(N(S(C)(=O)=O)S(C)(=O)=O)ccc3Oc3ccccc3)cn(C)c(=O)c2[nH]1. The average molecular weight is 560 g/mol. The fraction of sp³-hybridized carbons (Fsp3) is 0.200. The van der Waals surface area contributed by atoms with Crippen molar-refractivity contribution < 1.29 is 31.1 Å². The molecule has 13 heteroatoms. The van der Waals surface area contributed by atoms with Gasteiger partial charge in [0.05, 0.1) is 24.8 Å². The van der Waals surface area contributed by atoms with Gasteiger partial charge in [0.25, 0.3) is 5.56 Å². The lowest BCUT2D eigenvalue weighted by atomic mass is 10.0. The number of nitrogens with zero attached hydrogens (tertiary/aromatic N) is 2. The molecule has 1 N–H and O–H groups in total. The predicted octanol–water partition coefficient (Wildman–Crippen LogP) is 3.23. The highest BCUT2D eigenvalue weighted by molar-refractivity contribution is 8.09. The number of anilines is 1. The minimum absolute atomic E-state index is 0.0435. The second kappa shape index (κ2) is 9.99. The van der Waals surface area contributed by atoms with Crippen molar-refractivity contribution in [3.05, 3.63) is 76.8 Å². The molecule has 0 aliphatic heterocycles. The molecule has 4 aromatic rings. The molecule has 4 rings (SSSR count). The smallest absolute Gasteiger partial charge is 0.354 e. The highest BCUT2D eigenvalue weighted by Gasteiger charge is 2.29. The molecule has 0 fully saturated rings. The maximum atomic E-state index is 12.9. The monoisotopic (exact) mass is 559 g/mol. The van der Waals surface area contributed by atoms with Crippen LogP contribution in [0.2, 0.25) is 0 Å². The standard InChI is InChI=1S/C25H25N3O8S2/c1-5-35-25(30)21-14-19-20(15-27(2)24(29)23(19)26-21)18-13-16(28(37(3,31)32)38(4,33)34)11-12-22(18)36-17-9-7-6-8-10-17/h6-15,26H,5H2,1-4H3. The number of hydrogen-bond donors (Lipinski definition) is 1. The number of nitrogens with one attached hydrogen (secondary N) is 1. The van der Waals surface area contributed by atoms with E-state index in [0.717, 1.165) is 12.5 Å².